The fourth-order valence-corrected chi connectivity index (χ4v) is 9.43. The molecular formula is C34H43F5O4S. The lowest BCUT2D eigenvalue weighted by atomic mass is 9.51. The molecule has 2 aromatic carbocycles. The summed E-state index contributed by atoms with van der Waals surface area (Å²) < 4.78 is 80.6. The fourth-order valence-electron chi connectivity index (χ4n) is 8.24. The van der Waals surface area contributed by atoms with Gasteiger partial charge in [-0.1, -0.05) is 36.3 Å². The van der Waals surface area contributed by atoms with Gasteiger partial charge in [-0.2, -0.15) is 22.0 Å². The molecule has 0 saturated heterocycles. The van der Waals surface area contributed by atoms with E-state index in [9.17, 15) is 36.7 Å². The average Bonchev–Trinajstić information content (AvgIpc) is 3.27. The normalized spacial score (nSPS) is 29.0. The van der Waals surface area contributed by atoms with Crippen molar-refractivity contribution in [2.75, 3.05) is 18.1 Å². The standard InChI is InChI=1S/C34H43F5O4S/c1-32-21-28(31-26-13-9-24(40)20-23(26)8-12-27(31)29(32)14-15-30(32)41)22-6-10-25(11-7-22)43-17-3-2-4-18-44(42)19-5-16-33(35,36)34(37,38)39/h6-7,9-11,13,20,27-31,40-41H,2-5,8,12,14-19,21H2,1H3/t27-,28+,29-,30-,31+,32-,44?/m0/s1. The van der Waals surface area contributed by atoms with E-state index in [0.717, 1.165) is 37.9 Å². The summed E-state index contributed by atoms with van der Waals surface area (Å²) in [6.45, 7) is 2.73. The predicted molar refractivity (Wildman–Crippen MR) is 161 cm³/mol. The first-order valence-corrected chi connectivity index (χ1v) is 17.3. The van der Waals surface area contributed by atoms with Gasteiger partial charge in [0.05, 0.1) is 12.7 Å². The Hall–Kier alpha value is -2.04. The molecule has 4 nitrogen and oxygen atoms in total. The van der Waals surface area contributed by atoms with Gasteiger partial charge in [0.1, 0.15) is 23.0 Å². The van der Waals surface area contributed by atoms with E-state index >= 15 is 0 Å². The first-order chi connectivity index (χ1) is 20.8. The maximum Gasteiger partial charge on any atom is 0.453 e. The molecule has 3 aliphatic rings. The van der Waals surface area contributed by atoms with Crippen molar-refractivity contribution in [3.8, 4) is 11.5 Å². The van der Waals surface area contributed by atoms with Gasteiger partial charge in [-0.25, -0.2) is 0 Å². The zero-order chi connectivity index (χ0) is 31.7. The second kappa shape index (κ2) is 13.4. The van der Waals surface area contributed by atoms with E-state index in [0.29, 0.717) is 49.4 Å². The van der Waals surface area contributed by atoms with E-state index in [1.807, 2.05) is 18.2 Å². The number of alkyl halides is 5. The number of hydrogen-bond acceptors (Lipinski definition) is 4. The van der Waals surface area contributed by atoms with Crippen molar-refractivity contribution in [2.24, 2.45) is 17.3 Å². The van der Waals surface area contributed by atoms with Crippen LogP contribution in [0.15, 0.2) is 42.5 Å². The van der Waals surface area contributed by atoms with E-state index in [4.69, 9.17) is 4.74 Å². The summed E-state index contributed by atoms with van der Waals surface area (Å²) in [5.41, 5.74) is 3.66. The smallest absolute Gasteiger partial charge is 0.453 e. The molecule has 244 valence electrons. The zero-order valence-corrected chi connectivity index (χ0v) is 25.9. The second-order valence-electron chi connectivity index (χ2n) is 13.3. The van der Waals surface area contributed by atoms with Gasteiger partial charge in [-0.15, -0.1) is 0 Å². The summed E-state index contributed by atoms with van der Waals surface area (Å²) in [6, 6.07) is 14.0. The molecule has 0 bridgehead atoms. The Bertz CT molecular complexity index is 1260. The molecule has 0 amide bonds. The lowest BCUT2D eigenvalue weighted by Gasteiger charge is -2.54. The predicted octanol–water partition coefficient (Wildman–Crippen LogP) is 8.28. The Balaban J connectivity index is 1.12. The van der Waals surface area contributed by atoms with Crippen LogP contribution in [0.25, 0.3) is 0 Å². The van der Waals surface area contributed by atoms with E-state index in [1.165, 1.54) is 16.7 Å². The van der Waals surface area contributed by atoms with Crippen molar-refractivity contribution in [1.82, 2.24) is 0 Å². The summed E-state index contributed by atoms with van der Waals surface area (Å²) in [5.74, 6) is -2.03. The van der Waals surface area contributed by atoms with Gasteiger partial charge in [0.15, 0.2) is 0 Å². The van der Waals surface area contributed by atoms with E-state index in [2.05, 4.69) is 25.1 Å². The van der Waals surface area contributed by atoms with Crippen molar-refractivity contribution >= 4 is 11.2 Å². The maximum absolute atomic E-state index is 13.0. The van der Waals surface area contributed by atoms with Crippen LogP contribution in [-0.4, -0.2) is 51.1 Å². The molecule has 0 radical (unpaired) electrons. The highest BCUT2D eigenvalue weighted by Crippen LogP contribution is 2.65. The van der Waals surface area contributed by atoms with Crippen LogP contribution in [0, 0.1) is 17.3 Å². The number of phenols is 1. The van der Waals surface area contributed by atoms with Gasteiger partial charge >= 0.3 is 12.1 Å². The second-order valence-corrected chi connectivity index (χ2v) is 15.0. The third kappa shape index (κ3) is 7.02. The van der Waals surface area contributed by atoms with E-state index in [1.54, 1.807) is 6.07 Å². The van der Waals surface area contributed by atoms with Crippen molar-refractivity contribution in [3.63, 3.8) is 0 Å². The minimum absolute atomic E-state index is 0.118. The fraction of sp³-hybridized carbons (Fsp3) is 0.647. The van der Waals surface area contributed by atoms with Crippen molar-refractivity contribution < 1.29 is 41.5 Å². The number of benzene rings is 2. The van der Waals surface area contributed by atoms with E-state index in [-0.39, 0.29) is 28.9 Å². The van der Waals surface area contributed by atoms with Gasteiger partial charge in [0.25, 0.3) is 0 Å². The quantitative estimate of drug-likeness (QED) is 0.139. The summed E-state index contributed by atoms with van der Waals surface area (Å²) in [4.78, 5) is 0. The largest absolute Gasteiger partial charge is 0.616 e. The number of phenolic OH excluding ortho intramolecular Hbond substituents is 1. The average molecular weight is 643 g/mol. The van der Waals surface area contributed by atoms with Crippen LogP contribution >= 0.6 is 0 Å². The van der Waals surface area contributed by atoms with Crippen molar-refractivity contribution in [1.29, 1.82) is 0 Å². The molecule has 2 saturated carbocycles. The summed E-state index contributed by atoms with van der Waals surface area (Å²) in [6.07, 6.45) is -0.801. The minimum Gasteiger partial charge on any atom is -0.616 e. The van der Waals surface area contributed by atoms with E-state index < -0.39 is 36.1 Å². The highest BCUT2D eigenvalue weighted by Gasteiger charge is 2.58. The van der Waals surface area contributed by atoms with Crippen LogP contribution in [0.4, 0.5) is 22.0 Å². The number of unbranched alkanes of at least 4 members (excludes halogenated alkanes) is 2. The molecule has 44 heavy (non-hydrogen) atoms. The van der Waals surface area contributed by atoms with Crippen LogP contribution < -0.4 is 4.74 Å². The third-order valence-corrected chi connectivity index (χ3v) is 12.0. The third-order valence-electron chi connectivity index (χ3n) is 10.5. The van der Waals surface area contributed by atoms with Gasteiger partial charge in [0.2, 0.25) is 0 Å². The number of fused-ring (bicyclic) bond motifs is 5. The number of aliphatic hydroxyl groups is 1. The van der Waals surface area contributed by atoms with Gasteiger partial charge in [-0.05, 0) is 128 Å². The lowest BCUT2D eigenvalue weighted by molar-refractivity contribution is -0.284. The van der Waals surface area contributed by atoms with Gasteiger partial charge in [0, 0.05) is 6.42 Å². The SMILES string of the molecule is C[C@]12C[C@H](c3ccc(OCCCCC[S+]([O-])CCCC(F)(F)C(F)(F)F)cc3)[C@@H]3c4ccc(O)cc4CC[C@H]3[C@@H]1CC[C@@H]2O. The number of rotatable bonds is 12. The molecule has 2 N–H and O–H groups in total. The number of aliphatic hydroxyl groups excluding tert-OH is 1. The Morgan fingerprint density at radius 3 is 2.41 bits per heavy atom. The number of aryl methyl sites for hydroxylation is 1. The summed E-state index contributed by atoms with van der Waals surface area (Å²) in [5, 5.41) is 21.2. The van der Waals surface area contributed by atoms with Crippen LogP contribution in [0.3, 0.4) is 0 Å². The molecule has 0 aliphatic heterocycles. The van der Waals surface area contributed by atoms with Gasteiger partial charge < -0.3 is 19.5 Å². The van der Waals surface area contributed by atoms with Crippen molar-refractivity contribution in [2.45, 2.75) is 101 Å². The molecule has 2 fully saturated rings. The maximum atomic E-state index is 13.0. The van der Waals surface area contributed by atoms with Crippen LogP contribution in [0.2, 0.25) is 0 Å². The molecule has 0 spiro atoms. The molecule has 3 aliphatic carbocycles. The van der Waals surface area contributed by atoms with Crippen LogP contribution in [-0.2, 0) is 17.6 Å². The minimum atomic E-state index is -5.57. The van der Waals surface area contributed by atoms with Crippen LogP contribution in [0.1, 0.15) is 93.2 Å². The molecule has 7 atom stereocenters. The molecule has 5 rings (SSSR count). The molecule has 10 heteroatoms. The summed E-state index contributed by atoms with van der Waals surface area (Å²) >= 11 is -1.42. The number of aromatic hydroxyl groups is 1. The lowest BCUT2D eigenvalue weighted by Crippen LogP contribution is -2.47. The Kier molecular flexibility index (Phi) is 10.1. The number of hydrogen-bond donors (Lipinski definition) is 2. The summed E-state index contributed by atoms with van der Waals surface area (Å²) in [7, 11) is 0. The molecule has 2 aromatic rings. The monoisotopic (exact) mass is 642 g/mol. The van der Waals surface area contributed by atoms with Crippen LogP contribution in [0.5, 0.6) is 11.5 Å². The van der Waals surface area contributed by atoms with Gasteiger partial charge in [-0.3, -0.25) is 0 Å². The topological polar surface area (TPSA) is 72.8 Å². The molecule has 0 heterocycles. The highest BCUT2D eigenvalue weighted by molar-refractivity contribution is 7.91. The first kappa shape index (κ1) is 33.3. The highest BCUT2D eigenvalue weighted by atomic mass is 32.2. The number of halogens is 5. The number of ether oxygens (including phenoxy) is 1. The Morgan fingerprint density at radius 1 is 0.955 bits per heavy atom. The molecule has 0 aromatic heterocycles. The Morgan fingerprint density at radius 2 is 1.68 bits per heavy atom. The zero-order valence-electron chi connectivity index (χ0n) is 25.1. The molecular weight excluding hydrogens is 599 g/mol. The van der Waals surface area contributed by atoms with Crippen molar-refractivity contribution in [3.05, 3.63) is 59.2 Å². The molecule has 1 unspecified atom stereocenters. The Labute approximate surface area is 259 Å². The first-order valence-electron chi connectivity index (χ1n) is 15.8.